The molecule has 2 aliphatic rings. The van der Waals surface area contributed by atoms with Gasteiger partial charge in [-0.2, -0.15) is 0 Å². The third-order valence-corrected chi connectivity index (χ3v) is 4.45. The van der Waals surface area contributed by atoms with Crippen molar-refractivity contribution >= 4 is 11.6 Å². The molecule has 0 aromatic rings. The summed E-state index contributed by atoms with van der Waals surface area (Å²) in [6.07, 6.45) is 3.92. The summed E-state index contributed by atoms with van der Waals surface area (Å²) < 4.78 is 0. The lowest BCUT2D eigenvalue weighted by Crippen LogP contribution is -2.53. The molecule has 0 heterocycles. The fourth-order valence-corrected chi connectivity index (χ4v) is 3.07. The highest BCUT2D eigenvalue weighted by atomic mass is 16.2. The minimum Gasteiger partial charge on any atom is -0.298 e. The van der Waals surface area contributed by atoms with Gasteiger partial charge in [-0.25, -0.2) is 0 Å². The van der Waals surface area contributed by atoms with Gasteiger partial charge in [0, 0.05) is 0 Å². The smallest absolute Gasteiger partial charge is 0.153 e. The zero-order chi connectivity index (χ0) is 11.3. The minimum atomic E-state index is -0.512. The number of Topliss-reactive ketones (excluding diaryl/α,β-unsaturated/α-hetero) is 2. The van der Waals surface area contributed by atoms with E-state index in [9.17, 15) is 9.59 Å². The van der Waals surface area contributed by atoms with Gasteiger partial charge in [-0.3, -0.25) is 9.59 Å². The summed E-state index contributed by atoms with van der Waals surface area (Å²) in [4.78, 5) is 23.1. The lowest BCUT2D eigenvalue weighted by Gasteiger charge is -2.46. The summed E-state index contributed by atoms with van der Waals surface area (Å²) in [6.45, 7) is 6.75. The first-order chi connectivity index (χ1) is 6.86. The monoisotopic (exact) mass is 208 g/mol. The van der Waals surface area contributed by atoms with Gasteiger partial charge in [0.25, 0.3) is 0 Å². The molecule has 1 spiro atoms. The van der Waals surface area contributed by atoms with E-state index in [4.69, 9.17) is 0 Å². The molecule has 2 aliphatic carbocycles. The quantitative estimate of drug-likeness (QED) is 0.574. The van der Waals surface area contributed by atoms with Crippen LogP contribution in [0.25, 0.3) is 0 Å². The van der Waals surface area contributed by atoms with Crippen molar-refractivity contribution < 1.29 is 9.59 Å². The Morgan fingerprint density at radius 1 is 1.07 bits per heavy atom. The molecular formula is C13H20O2. The summed E-state index contributed by atoms with van der Waals surface area (Å²) in [5.41, 5.74) is -0.195. The highest BCUT2D eigenvalue weighted by Crippen LogP contribution is 2.50. The third kappa shape index (κ3) is 1.54. The second-order valence-corrected chi connectivity index (χ2v) is 6.25. The Bertz CT molecular complexity index is 285. The summed E-state index contributed by atoms with van der Waals surface area (Å²) in [7, 11) is 0. The van der Waals surface area contributed by atoms with Crippen LogP contribution in [0.2, 0.25) is 0 Å². The van der Waals surface area contributed by atoms with Crippen LogP contribution in [0.3, 0.4) is 0 Å². The van der Waals surface area contributed by atoms with Crippen LogP contribution in [-0.4, -0.2) is 11.6 Å². The molecule has 2 rings (SSSR count). The standard InChI is InChI=1S/C13H20O2/c1-12(2,3)9-4-6-13(7-5-9)10(14)8-11(13)15/h9H,4-8H2,1-3H3. The number of hydrogen-bond acceptors (Lipinski definition) is 2. The molecule has 0 atom stereocenters. The van der Waals surface area contributed by atoms with Crippen molar-refractivity contribution in [1.82, 2.24) is 0 Å². The van der Waals surface area contributed by atoms with E-state index >= 15 is 0 Å². The molecular weight excluding hydrogens is 188 g/mol. The number of ketones is 2. The SMILES string of the molecule is CC(C)(C)C1CCC2(CC1)C(=O)CC2=O. The molecule has 0 aromatic carbocycles. The largest absolute Gasteiger partial charge is 0.298 e. The number of rotatable bonds is 0. The first-order valence-corrected chi connectivity index (χ1v) is 5.93. The molecule has 2 fully saturated rings. The Hall–Kier alpha value is -0.660. The lowest BCUT2D eigenvalue weighted by molar-refractivity contribution is -0.157. The van der Waals surface area contributed by atoms with E-state index in [1.165, 1.54) is 0 Å². The van der Waals surface area contributed by atoms with Crippen LogP contribution in [0.4, 0.5) is 0 Å². The topological polar surface area (TPSA) is 34.1 Å². The van der Waals surface area contributed by atoms with Crippen molar-refractivity contribution in [3.05, 3.63) is 0 Å². The van der Waals surface area contributed by atoms with Crippen molar-refractivity contribution in [3.8, 4) is 0 Å². The molecule has 0 amide bonds. The van der Waals surface area contributed by atoms with Gasteiger partial charge in [-0.05, 0) is 37.0 Å². The zero-order valence-corrected chi connectivity index (χ0v) is 9.93. The molecule has 0 saturated heterocycles. The van der Waals surface area contributed by atoms with Crippen molar-refractivity contribution in [1.29, 1.82) is 0 Å². The van der Waals surface area contributed by atoms with E-state index in [0.717, 1.165) is 25.7 Å². The predicted octanol–water partition coefficient (Wildman–Crippen LogP) is 2.75. The molecule has 2 nitrogen and oxygen atoms in total. The molecule has 0 bridgehead atoms. The number of carbonyl (C=O) groups excluding carboxylic acids is 2. The maximum atomic E-state index is 11.6. The maximum Gasteiger partial charge on any atom is 0.153 e. The molecule has 0 aromatic heterocycles. The summed E-state index contributed by atoms with van der Waals surface area (Å²) >= 11 is 0. The number of hydrogen-bond donors (Lipinski definition) is 0. The normalized spacial score (nSPS) is 26.9. The third-order valence-electron chi connectivity index (χ3n) is 4.45. The fraction of sp³-hybridized carbons (Fsp3) is 0.846. The Balaban J connectivity index is 2.04. The van der Waals surface area contributed by atoms with Crippen molar-refractivity contribution in [2.75, 3.05) is 0 Å². The van der Waals surface area contributed by atoms with Gasteiger partial charge in [0.15, 0.2) is 11.6 Å². The van der Waals surface area contributed by atoms with Crippen LogP contribution in [-0.2, 0) is 9.59 Å². The molecule has 0 radical (unpaired) electrons. The van der Waals surface area contributed by atoms with Gasteiger partial charge < -0.3 is 0 Å². The fourth-order valence-electron chi connectivity index (χ4n) is 3.07. The van der Waals surface area contributed by atoms with E-state index in [1.807, 2.05) is 0 Å². The van der Waals surface area contributed by atoms with Gasteiger partial charge in [-0.1, -0.05) is 20.8 Å². The molecule has 0 N–H and O–H groups in total. The Morgan fingerprint density at radius 2 is 1.53 bits per heavy atom. The summed E-state index contributed by atoms with van der Waals surface area (Å²) in [5, 5.41) is 0. The van der Waals surface area contributed by atoms with E-state index in [1.54, 1.807) is 0 Å². The van der Waals surface area contributed by atoms with Gasteiger partial charge in [0.2, 0.25) is 0 Å². The van der Waals surface area contributed by atoms with Gasteiger partial charge >= 0.3 is 0 Å². The molecule has 0 unspecified atom stereocenters. The van der Waals surface area contributed by atoms with Crippen LogP contribution in [0, 0.1) is 16.7 Å². The van der Waals surface area contributed by atoms with Crippen molar-refractivity contribution in [2.24, 2.45) is 16.7 Å². The summed E-state index contributed by atoms with van der Waals surface area (Å²) in [6, 6.07) is 0. The highest BCUT2D eigenvalue weighted by Gasteiger charge is 2.55. The van der Waals surface area contributed by atoms with Crippen LogP contribution in [0.1, 0.15) is 52.9 Å². The van der Waals surface area contributed by atoms with E-state index in [0.29, 0.717) is 11.3 Å². The van der Waals surface area contributed by atoms with E-state index in [2.05, 4.69) is 20.8 Å². The second kappa shape index (κ2) is 3.16. The minimum absolute atomic E-state index is 0.208. The molecule has 2 heteroatoms. The van der Waals surface area contributed by atoms with Crippen LogP contribution < -0.4 is 0 Å². The van der Waals surface area contributed by atoms with Gasteiger partial charge in [-0.15, -0.1) is 0 Å². The maximum absolute atomic E-state index is 11.6. The van der Waals surface area contributed by atoms with Crippen molar-refractivity contribution in [3.63, 3.8) is 0 Å². The van der Waals surface area contributed by atoms with E-state index < -0.39 is 5.41 Å². The molecule has 15 heavy (non-hydrogen) atoms. The Morgan fingerprint density at radius 3 is 1.87 bits per heavy atom. The summed E-state index contributed by atoms with van der Waals surface area (Å²) in [5.74, 6) is 1.09. The molecule has 84 valence electrons. The van der Waals surface area contributed by atoms with Gasteiger partial charge in [0.05, 0.1) is 11.8 Å². The van der Waals surface area contributed by atoms with Crippen LogP contribution in [0.5, 0.6) is 0 Å². The number of carbonyl (C=O) groups is 2. The predicted molar refractivity (Wildman–Crippen MR) is 58.5 cm³/mol. The zero-order valence-electron chi connectivity index (χ0n) is 9.93. The molecule has 2 saturated carbocycles. The highest BCUT2D eigenvalue weighted by molar-refractivity contribution is 6.24. The lowest BCUT2D eigenvalue weighted by atomic mass is 9.55. The van der Waals surface area contributed by atoms with Crippen LogP contribution in [0.15, 0.2) is 0 Å². The Labute approximate surface area is 91.4 Å². The first kappa shape index (κ1) is 10.8. The average molecular weight is 208 g/mol. The second-order valence-electron chi connectivity index (χ2n) is 6.25. The van der Waals surface area contributed by atoms with Crippen LogP contribution >= 0.6 is 0 Å². The Kier molecular flexibility index (Phi) is 2.29. The van der Waals surface area contributed by atoms with Crippen molar-refractivity contribution in [2.45, 2.75) is 52.9 Å². The first-order valence-electron chi connectivity index (χ1n) is 5.93. The van der Waals surface area contributed by atoms with E-state index in [-0.39, 0.29) is 18.0 Å². The molecule has 0 aliphatic heterocycles. The average Bonchev–Trinajstić information content (AvgIpc) is 2.17. The van der Waals surface area contributed by atoms with Gasteiger partial charge in [0.1, 0.15) is 0 Å².